The number of amides is 1. The van der Waals surface area contributed by atoms with Crippen molar-refractivity contribution in [2.24, 2.45) is 7.05 Å². The van der Waals surface area contributed by atoms with Crippen molar-refractivity contribution >= 4 is 44.8 Å². The number of nitrogens with zero attached hydrogens (tertiary/aromatic N) is 1. The standard InChI is InChI=1S/C26H24ClN3O4S/c1-30-14-22(25(34)29-11-16-4-8-19(27)9-5-16)24(33)21-10-20(35-26(21)30)12-28-13-23(32)18-6-2-17(15-31)3-7-18/h2-10,13-14,28,31-32H,11-12,15H2,1H3,(H,29,34)/b23-13-. The van der Waals surface area contributed by atoms with E-state index in [1.807, 2.05) is 12.1 Å². The fourth-order valence-corrected chi connectivity index (χ4v) is 4.72. The maximum absolute atomic E-state index is 13.0. The average molecular weight is 510 g/mol. The third-order valence-corrected chi connectivity index (χ3v) is 6.93. The molecule has 0 radical (unpaired) electrons. The molecule has 0 saturated heterocycles. The number of nitrogens with one attached hydrogen (secondary N) is 2. The Hall–Kier alpha value is -3.59. The van der Waals surface area contributed by atoms with E-state index >= 15 is 0 Å². The number of aliphatic hydroxyl groups is 2. The molecule has 0 aliphatic rings. The van der Waals surface area contributed by atoms with Crippen molar-refractivity contribution in [3.8, 4) is 0 Å². The zero-order valence-electron chi connectivity index (χ0n) is 18.9. The number of aryl methyl sites for hydroxylation is 1. The smallest absolute Gasteiger partial charge is 0.257 e. The molecular weight excluding hydrogens is 486 g/mol. The van der Waals surface area contributed by atoms with Crippen LogP contribution < -0.4 is 16.1 Å². The summed E-state index contributed by atoms with van der Waals surface area (Å²) < 4.78 is 1.78. The third kappa shape index (κ3) is 5.74. The highest BCUT2D eigenvalue weighted by Gasteiger charge is 2.16. The van der Waals surface area contributed by atoms with Crippen LogP contribution in [0.15, 0.2) is 71.8 Å². The number of hydrogen-bond donors (Lipinski definition) is 4. The molecule has 2 heterocycles. The van der Waals surface area contributed by atoms with Gasteiger partial charge in [-0.2, -0.15) is 0 Å². The topological polar surface area (TPSA) is 104 Å². The molecule has 2 aromatic heterocycles. The number of carbonyl (C=O) groups excluding carboxylic acids is 1. The molecule has 0 saturated carbocycles. The van der Waals surface area contributed by atoms with E-state index in [-0.39, 0.29) is 29.9 Å². The van der Waals surface area contributed by atoms with Gasteiger partial charge in [0.05, 0.1) is 12.0 Å². The van der Waals surface area contributed by atoms with Crippen LogP contribution in [0.1, 0.15) is 31.9 Å². The number of thiophene rings is 1. The Kier molecular flexibility index (Phi) is 7.55. The first-order valence-electron chi connectivity index (χ1n) is 10.8. The molecule has 0 bridgehead atoms. The second-order valence-electron chi connectivity index (χ2n) is 7.99. The van der Waals surface area contributed by atoms with Crippen molar-refractivity contribution in [1.29, 1.82) is 0 Å². The second-order valence-corrected chi connectivity index (χ2v) is 9.54. The number of carbonyl (C=O) groups is 1. The summed E-state index contributed by atoms with van der Waals surface area (Å²) in [5.41, 5.74) is 2.02. The molecule has 35 heavy (non-hydrogen) atoms. The van der Waals surface area contributed by atoms with E-state index in [2.05, 4.69) is 10.6 Å². The quantitative estimate of drug-likeness (QED) is 0.265. The molecule has 7 nitrogen and oxygen atoms in total. The maximum atomic E-state index is 13.0. The first-order valence-corrected chi connectivity index (χ1v) is 12.0. The van der Waals surface area contributed by atoms with Crippen molar-refractivity contribution in [2.75, 3.05) is 0 Å². The summed E-state index contributed by atoms with van der Waals surface area (Å²) in [4.78, 5) is 27.4. The zero-order valence-corrected chi connectivity index (χ0v) is 20.5. The van der Waals surface area contributed by atoms with E-state index < -0.39 is 5.91 Å². The molecule has 4 N–H and O–H groups in total. The van der Waals surface area contributed by atoms with Gasteiger partial charge in [0.2, 0.25) is 5.43 Å². The van der Waals surface area contributed by atoms with E-state index in [1.165, 1.54) is 17.5 Å². The molecule has 0 spiro atoms. The van der Waals surface area contributed by atoms with Crippen LogP contribution in [0.25, 0.3) is 16.0 Å². The average Bonchev–Trinajstić information content (AvgIpc) is 3.31. The highest BCUT2D eigenvalue weighted by Crippen LogP contribution is 2.23. The van der Waals surface area contributed by atoms with Crippen LogP contribution >= 0.6 is 22.9 Å². The summed E-state index contributed by atoms with van der Waals surface area (Å²) in [5.74, 6) is -0.376. The van der Waals surface area contributed by atoms with Gasteiger partial charge in [-0.3, -0.25) is 9.59 Å². The van der Waals surface area contributed by atoms with Gasteiger partial charge in [-0.15, -0.1) is 11.3 Å². The summed E-state index contributed by atoms with van der Waals surface area (Å²) in [6.45, 7) is 0.629. The molecule has 0 atom stereocenters. The van der Waals surface area contributed by atoms with Crippen molar-refractivity contribution in [1.82, 2.24) is 15.2 Å². The Balaban J connectivity index is 1.46. The molecule has 0 aliphatic heterocycles. The van der Waals surface area contributed by atoms with Crippen LogP contribution in [0.5, 0.6) is 0 Å². The fraction of sp³-hybridized carbons (Fsp3) is 0.154. The second kappa shape index (κ2) is 10.8. The monoisotopic (exact) mass is 509 g/mol. The van der Waals surface area contributed by atoms with Crippen LogP contribution in [0, 0.1) is 0 Å². The first kappa shape index (κ1) is 24.5. The summed E-state index contributed by atoms with van der Waals surface area (Å²) in [5, 5.41) is 26.3. The van der Waals surface area contributed by atoms with Crippen LogP contribution in [0.4, 0.5) is 0 Å². The molecule has 4 rings (SSSR count). The molecule has 0 unspecified atom stereocenters. The largest absolute Gasteiger partial charge is 0.506 e. The van der Waals surface area contributed by atoms with Crippen LogP contribution in [-0.4, -0.2) is 20.7 Å². The maximum Gasteiger partial charge on any atom is 0.257 e. The fourth-order valence-electron chi connectivity index (χ4n) is 3.55. The Morgan fingerprint density at radius 2 is 1.77 bits per heavy atom. The summed E-state index contributed by atoms with van der Waals surface area (Å²) in [6, 6.07) is 15.8. The lowest BCUT2D eigenvalue weighted by Gasteiger charge is -2.07. The summed E-state index contributed by atoms with van der Waals surface area (Å²) in [7, 11) is 1.80. The van der Waals surface area contributed by atoms with Gasteiger partial charge in [-0.05, 0) is 29.3 Å². The van der Waals surface area contributed by atoms with Gasteiger partial charge >= 0.3 is 0 Å². The molecule has 0 aliphatic carbocycles. The van der Waals surface area contributed by atoms with Crippen LogP contribution in [-0.2, 0) is 26.7 Å². The number of benzene rings is 2. The van der Waals surface area contributed by atoms with Gasteiger partial charge in [0.15, 0.2) is 0 Å². The molecule has 2 aromatic carbocycles. The molecular formula is C26H24ClN3O4S. The molecule has 9 heteroatoms. The van der Waals surface area contributed by atoms with Gasteiger partial charge in [0, 0.05) is 48.0 Å². The van der Waals surface area contributed by atoms with Gasteiger partial charge in [-0.25, -0.2) is 0 Å². The number of hydrogen-bond acceptors (Lipinski definition) is 6. The Morgan fingerprint density at radius 3 is 2.46 bits per heavy atom. The lowest BCUT2D eigenvalue weighted by Crippen LogP contribution is -2.29. The van der Waals surface area contributed by atoms with E-state index in [0.717, 1.165) is 20.8 Å². The first-order chi connectivity index (χ1) is 16.9. The van der Waals surface area contributed by atoms with Crippen molar-refractivity contribution < 1.29 is 15.0 Å². The van der Waals surface area contributed by atoms with Crippen molar-refractivity contribution in [2.45, 2.75) is 19.7 Å². The lowest BCUT2D eigenvalue weighted by molar-refractivity contribution is 0.0949. The number of pyridine rings is 1. The summed E-state index contributed by atoms with van der Waals surface area (Å²) >= 11 is 7.33. The van der Waals surface area contributed by atoms with Crippen molar-refractivity contribution in [3.05, 3.63) is 109 Å². The molecule has 4 aromatic rings. The number of halogens is 1. The predicted molar refractivity (Wildman–Crippen MR) is 139 cm³/mol. The highest BCUT2D eigenvalue weighted by atomic mass is 35.5. The minimum absolute atomic E-state index is 0.0558. The van der Waals surface area contributed by atoms with E-state index in [1.54, 1.807) is 60.3 Å². The predicted octanol–water partition coefficient (Wildman–Crippen LogP) is 4.32. The van der Waals surface area contributed by atoms with Gasteiger partial charge < -0.3 is 25.4 Å². The van der Waals surface area contributed by atoms with Crippen molar-refractivity contribution in [3.63, 3.8) is 0 Å². The van der Waals surface area contributed by atoms with E-state index in [4.69, 9.17) is 16.7 Å². The Morgan fingerprint density at radius 1 is 1.09 bits per heavy atom. The number of aliphatic hydroxyl groups excluding tert-OH is 2. The highest BCUT2D eigenvalue weighted by molar-refractivity contribution is 7.18. The van der Waals surface area contributed by atoms with Gasteiger partial charge in [0.25, 0.3) is 5.91 Å². The lowest BCUT2D eigenvalue weighted by atomic mass is 10.1. The van der Waals surface area contributed by atoms with Crippen LogP contribution in [0.2, 0.25) is 5.02 Å². The minimum Gasteiger partial charge on any atom is -0.506 e. The third-order valence-electron chi connectivity index (χ3n) is 5.45. The number of aromatic nitrogens is 1. The van der Waals surface area contributed by atoms with E-state index in [9.17, 15) is 14.7 Å². The van der Waals surface area contributed by atoms with Gasteiger partial charge in [0.1, 0.15) is 16.2 Å². The minimum atomic E-state index is -0.437. The molecule has 0 fully saturated rings. The Labute approximate surface area is 210 Å². The normalized spacial score (nSPS) is 11.6. The number of fused-ring (bicyclic) bond motifs is 1. The van der Waals surface area contributed by atoms with Gasteiger partial charge in [-0.1, -0.05) is 48.0 Å². The van der Waals surface area contributed by atoms with E-state index in [0.29, 0.717) is 22.5 Å². The summed E-state index contributed by atoms with van der Waals surface area (Å²) in [6.07, 6.45) is 3.05. The zero-order chi connectivity index (χ0) is 24.9. The van der Waals surface area contributed by atoms with Crippen LogP contribution in [0.3, 0.4) is 0 Å². The SMILES string of the molecule is Cn1cc(C(=O)NCc2ccc(Cl)cc2)c(=O)c2cc(CN/C=C(\O)c3ccc(CO)cc3)sc21. The Bertz CT molecular complexity index is 1440. The molecule has 1 amide bonds. The molecule has 180 valence electrons. The number of rotatable bonds is 8.